The first-order valence-corrected chi connectivity index (χ1v) is 15.5. The van der Waals surface area contributed by atoms with Gasteiger partial charge in [-0.1, -0.05) is 68.4 Å². The Labute approximate surface area is 243 Å². The Hall–Kier alpha value is -3.72. The second-order valence-corrected chi connectivity index (χ2v) is 13.5. The number of rotatable bonds is 11. The monoisotopic (exact) mass is 581 g/mol. The van der Waals surface area contributed by atoms with Crippen molar-refractivity contribution in [3.63, 3.8) is 0 Å². The lowest BCUT2D eigenvalue weighted by Crippen LogP contribution is -2.56. The molecule has 3 aromatic rings. The molecule has 0 saturated heterocycles. The zero-order valence-electron chi connectivity index (χ0n) is 24.6. The molecule has 1 N–H and O–H groups in total. The Morgan fingerprint density at radius 1 is 0.878 bits per heavy atom. The molecule has 1 atom stereocenters. The number of carbonyl (C=O) groups excluding carboxylic acids is 2. The topological polar surface area (TPSA) is 86.8 Å². The summed E-state index contributed by atoms with van der Waals surface area (Å²) in [5, 5.41) is 2.98. The number of anilines is 1. The lowest BCUT2D eigenvalue weighted by molar-refractivity contribution is -0.140. The maximum atomic E-state index is 14.1. The van der Waals surface area contributed by atoms with Gasteiger partial charge in [-0.3, -0.25) is 13.9 Å². The van der Waals surface area contributed by atoms with Gasteiger partial charge in [-0.05, 0) is 67.6 Å². The Bertz CT molecular complexity index is 1420. The molecule has 1 unspecified atom stereocenters. The van der Waals surface area contributed by atoms with Crippen molar-refractivity contribution in [1.29, 1.82) is 0 Å². The Morgan fingerprint density at radius 2 is 1.46 bits per heavy atom. The van der Waals surface area contributed by atoms with E-state index in [9.17, 15) is 22.4 Å². The molecule has 3 rings (SSSR count). The molecule has 3 aromatic carbocycles. The highest BCUT2D eigenvalue weighted by Gasteiger charge is 2.34. The molecule has 0 heterocycles. The summed E-state index contributed by atoms with van der Waals surface area (Å²) in [5.74, 6) is -1.10. The lowest BCUT2D eigenvalue weighted by atomic mass is 10.0. The van der Waals surface area contributed by atoms with Crippen molar-refractivity contribution >= 4 is 27.5 Å². The fourth-order valence-corrected chi connectivity index (χ4v) is 5.28. The molecular formula is C32H40FN3O4S. The van der Waals surface area contributed by atoms with E-state index in [1.807, 2.05) is 77.1 Å². The van der Waals surface area contributed by atoms with Crippen LogP contribution in [0.1, 0.15) is 57.2 Å². The van der Waals surface area contributed by atoms with Crippen LogP contribution in [0.5, 0.6) is 0 Å². The van der Waals surface area contributed by atoms with Gasteiger partial charge >= 0.3 is 0 Å². The third kappa shape index (κ3) is 9.42. The number of sulfonamides is 1. The second-order valence-electron chi connectivity index (χ2n) is 11.6. The molecule has 7 nitrogen and oxygen atoms in total. The molecule has 0 fully saturated rings. The first-order valence-electron chi connectivity index (χ1n) is 13.6. The standard InChI is InChI=1S/C32H40FN3O4S/c1-23(2)26-14-18-28(19-15-26)36(41(6,39)40)22-30(37)35(21-25-12-16-27(33)17-13-25)29(31(38)34-32(3,4)5)20-24-10-8-7-9-11-24/h7-19,23,29H,20-22H2,1-6H3,(H,34,38). The maximum Gasteiger partial charge on any atom is 0.244 e. The van der Waals surface area contributed by atoms with Gasteiger partial charge in [-0.15, -0.1) is 0 Å². The average Bonchev–Trinajstić information content (AvgIpc) is 2.89. The second kappa shape index (κ2) is 13.3. The summed E-state index contributed by atoms with van der Waals surface area (Å²) in [6, 6.07) is 21.1. The van der Waals surface area contributed by atoms with Crippen LogP contribution in [0.25, 0.3) is 0 Å². The molecule has 0 aliphatic rings. The van der Waals surface area contributed by atoms with Gasteiger partial charge < -0.3 is 10.2 Å². The summed E-state index contributed by atoms with van der Waals surface area (Å²) in [4.78, 5) is 29.2. The molecule has 220 valence electrons. The smallest absolute Gasteiger partial charge is 0.244 e. The molecule has 41 heavy (non-hydrogen) atoms. The van der Waals surface area contributed by atoms with Crippen molar-refractivity contribution in [2.24, 2.45) is 0 Å². The zero-order valence-corrected chi connectivity index (χ0v) is 25.4. The minimum atomic E-state index is -3.86. The molecule has 0 aliphatic heterocycles. The van der Waals surface area contributed by atoms with E-state index in [0.717, 1.165) is 21.7 Å². The number of carbonyl (C=O) groups is 2. The Morgan fingerprint density at radius 3 is 1.98 bits per heavy atom. The van der Waals surface area contributed by atoms with E-state index >= 15 is 0 Å². The number of amides is 2. The first-order chi connectivity index (χ1) is 19.1. The average molecular weight is 582 g/mol. The largest absolute Gasteiger partial charge is 0.350 e. The summed E-state index contributed by atoms with van der Waals surface area (Å²) < 4.78 is 40.6. The fraction of sp³-hybridized carbons (Fsp3) is 0.375. The van der Waals surface area contributed by atoms with Crippen LogP contribution >= 0.6 is 0 Å². The van der Waals surface area contributed by atoms with Crippen molar-refractivity contribution in [1.82, 2.24) is 10.2 Å². The number of nitrogens with one attached hydrogen (secondary N) is 1. The van der Waals surface area contributed by atoms with E-state index in [-0.39, 0.29) is 24.8 Å². The van der Waals surface area contributed by atoms with E-state index in [1.54, 1.807) is 24.3 Å². The summed E-state index contributed by atoms with van der Waals surface area (Å²) in [6.45, 7) is 9.10. The van der Waals surface area contributed by atoms with Crippen molar-refractivity contribution < 1.29 is 22.4 Å². The summed E-state index contributed by atoms with van der Waals surface area (Å²) in [6.07, 6.45) is 1.26. The first kappa shape index (κ1) is 31.8. The van der Waals surface area contributed by atoms with Gasteiger partial charge in [0.2, 0.25) is 21.8 Å². The molecule has 2 amide bonds. The summed E-state index contributed by atoms with van der Waals surface area (Å²) in [7, 11) is -3.86. The molecule has 0 saturated carbocycles. The molecule has 0 bridgehead atoms. The predicted molar refractivity (Wildman–Crippen MR) is 162 cm³/mol. The highest BCUT2D eigenvalue weighted by Crippen LogP contribution is 2.23. The molecule has 0 radical (unpaired) electrons. The van der Waals surface area contributed by atoms with Gasteiger partial charge in [0.15, 0.2) is 0 Å². The van der Waals surface area contributed by atoms with Crippen molar-refractivity contribution in [2.75, 3.05) is 17.1 Å². The lowest BCUT2D eigenvalue weighted by Gasteiger charge is -2.35. The van der Waals surface area contributed by atoms with E-state index in [2.05, 4.69) is 5.32 Å². The van der Waals surface area contributed by atoms with Crippen LogP contribution < -0.4 is 9.62 Å². The highest BCUT2D eigenvalue weighted by atomic mass is 32.2. The number of halogens is 1. The maximum absolute atomic E-state index is 14.1. The molecule has 0 aromatic heterocycles. The Kier molecular flexibility index (Phi) is 10.3. The highest BCUT2D eigenvalue weighted by molar-refractivity contribution is 7.92. The van der Waals surface area contributed by atoms with E-state index in [0.29, 0.717) is 11.3 Å². The molecular weight excluding hydrogens is 541 g/mol. The number of nitrogens with zero attached hydrogens (tertiary/aromatic N) is 2. The van der Waals surface area contributed by atoms with Gasteiger partial charge in [0.05, 0.1) is 11.9 Å². The van der Waals surface area contributed by atoms with E-state index < -0.39 is 39.9 Å². The number of hydrogen-bond acceptors (Lipinski definition) is 4. The van der Waals surface area contributed by atoms with Crippen molar-refractivity contribution in [3.05, 3.63) is 101 Å². The Balaban J connectivity index is 2.06. The summed E-state index contributed by atoms with van der Waals surface area (Å²) in [5.41, 5.74) is 2.25. The molecule has 0 spiro atoms. The van der Waals surface area contributed by atoms with Crippen molar-refractivity contribution in [3.8, 4) is 0 Å². The van der Waals surface area contributed by atoms with Crippen LogP contribution in [0, 0.1) is 5.82 Å². The normalized spacial score (nSPS) is 12.6. The SMILES string of the molecule is CC(C)c1ccc(N(CC(=O)N(Cc2ccc(F)cc2)C(Cc2ccccc2)C(=O)NC(C)(C)C)S(C)(=O)=O)cc1. The van der Waals surface area contributed by atoms with E-state index in [4.69, 9.17) is 0 Å². The third-order valence-electron chi connectivity index (χ3n) is 6.56. The van der Waals surface area contributed by atoms with Gasteiger partial charge in [0.1, 0.15) is 18.4 Å². The van der Waals surface area contributed by atoms with Crippen LogP contribution in [-0.2, 0) is 32.6 Å². The number of hydrogen-bond donors (Lipinski definition) is 1. The third-order valence-corrected chi connectivity index (χ3v) is 7.70. The van der Waals surface area contributed by atoms with Crippen LogP contribution in [0.4, 0.5) is 10.1 Å². The van der Waals surface area contributed by atoms with Crippen LogP contribution in [0.3, 0.4) is 0 Å². The van der Waals surface area contributed by atoms with Gasteiger partial charge in [-0.2, -0.15) is 0 Å². The molecule has 0 aliphatic carbocycles. The fourth-order valence-electron chi connectivity index (χ4n) is 4.43. The van der Waals surface area contributed by atoms with Gasteiger partial charge in [0, 0.05) is 18.5 Å². The van der Waals surface area contributed by atoms with Crippen LogP contribution in [0.2, 0.25) is 0 Å². The number of benzene rings is 3. The zero-order chi connectivity index (χ0) is 30.4. The minimum absolute atomic E-state index is 0.0158. The van der Waals surface area contributed by atoms with Crippen molar-refractivity contribution in [2.45, 2.75) is 65.1 Å². The minimum Gasteiger partial charge on any atom is -0.350 e. The van der Waals surface area contributed by atoms with E-state index in [1.165, 1.54) is 17.0 Å². The predicted octanol–water partition coefficient (Wildman–Crippen LogP) is 5.27. The van der Waals surface area contributed by atoms with Gasteiger partial charge in [0.25, 0.3) is 0 Å². The molecule has 9 heteroatoms. The van der Waals surface area contributed by atoms with Gasteiger partial charge in [-0.25, -0.2) is 12.8 Å². The summed E-state index contributed by atoms with van der Waals surface area (Å²) >= 11 is 0. The van der Waals surface area contributed by atoms with Crippen LogP contribution in [-0.4, -0.2) is 49.5 Å². The van der Waals surface area contributed by atoms with Crippen LogP contribution in [0.15, 0.2) is 78.9 Å². The quantitative estimate of drug-likeness (QED) is 0.334.